The average Bonchev–Trinajstić information content (AvgIpc) is 2.90. The molecule has 37 heavy (non-hydrogen) atoms. The molecule has 12 nitrogen and oxygen atoms in total. The first-order valence-corrected chi connectivity index (χ1v) is 11.7. The van der Waals surface area contributed by atoms with Crippen LogP contribution in [0.5, 0.6) is 5.75 Å². The molecule has 0 aromatic heterocycles. The Balaban J connectivity index is 1.82. The Morgan fingerprint density at radius 3 is 2.46 bits per heavy atom. The monoisotopic (exact) mass is 524 g/mol. The van der Waals surface area contributed by atoms with Gasteiger partial charge in [0.1, 0.15) is 30.2 Å². The van der Waals surface area contributed by atoms with E-state index in [1.165, 1.54) is 7.11 Å². The van der Waals surface area contributed by atoms with E-state index in [2.05, 4.69) is 0 Å². The highest BCUT2D eigenvalue weighted by atomic mass is 16.8. The molecule has 7 atom stereocenters. The van der Waals surface area contributed by atoms with Gasteiger partial charge in [-0.3, -0.25) is 4.79 Å². The lowest BCUT2D eigenvalue weighted by molar-refractivity contribution is -0.327. The van der Waals surface area contributed by atoms with Crippen molar-refractivity contribution in [3.63, 3.8) is 0 Å². The molecule has 1 saturated heterocycles. The number of esters is 2. The topological polar surface area (TPSA) is 181 Å². The normalized spacial score (nSPS) is 30.8. The molecular formula is C25H32O12. The highest BCUT2D eigenvalue weighted by molar-refractivity contribution is 5.91. The number of allylic oxidation sites excluding steroid dienone is 1. The zero-order valence-electron chi connectivity index (χ0n) is 20.4. The average molecular weight is 525 g/mol. The molecule has 2 aliphatic rings. The number of aliphatic hydroxyl groups excluding tert-OH is 5. The van der Waals surface area contributed by atoms with Crippen LogP contribution < -0.4 is 4.74 Å². The molecule has 12 heteroatoms. The molecule has 0 amide bonds. The fraction of sp³-hybridized carbons (Fsp3) is 0.520. The van der Waals surface area contributed by atoms with Crippen molar-refractivity contribution in [3.8, 4) is 5.75 Å². The summed E-state index contributed by atoms with van der Waals surface area (Å²) < 4.78 is 27.0. The number of rotatable bonds is 9. The number of methoxy groups -OCH3 is 1. The maximum atomic E-state index is 12.9. The number of carbonyl (C=O) groups is 2. The van der Waals surface area contributed by atoms with E-state index < -0.39 is 61.5 Å². The molecule has 1 fully saturated rings. The summed E-state index contributed by atoms with van der Waals surface area (Å²) in [5, 5.41) is 49.1. The predicted molar refractivity (Wildman–Crippen MR) is 125 cm³/mol. The molecule has 0 spiro atoms. The predicted octanol–water partition coefficient (Wildman–Crippen LogP) is -0.691. The van der Waals surface area contributed by atoms with Crippen LogP contribution in [0.3, 0.4) is 0 Å². The minimum Gasteiger partial charge on any atom is -0.468 e. The lowest BCUT2D eigenvalue weighted by Gasteiger charge is -2.41. The molecule has 3 rings (SSSR count). The van der Waals surface area contributed by atoms with Gasteiger partial charge in [0.15, 0.2) is 6.29 Å². The first-order chi connectivity index (χ1) is 17.7. The third kappa shape index (κ3) is 6.54. The lowest BCUT2D eigenvalue weighted by Crippen LogP contribution is -2.60. The maximum absolute atomic E-state index is 12.9. The zero-order chi connectivity index (χ0) is 27.1. The molecule has 1 aromatic carbocycles. The van der Waals surface area contributed by atoms with Gasteiger partial charge in [0, 0.05) is 18.1 Å². The Morgan fingerprint density at radius 2 is 1.81 bits per heavy atom. The van der Waals surface area contributed by atoms with Crippen LogP contribution in [-0.2, 0) is 35.0 Å². The number of para-hydroxylation sites is 1. The third-order valence-corrected chi connectivity index (χ3v) is 6.18. The summed E-state index contributed by atoms with van der Waals surface area (Å²) in [4.78, 5) is 25.4. The fourth-order valence-electron chi connectivity index (χ4n) is 4.19. The van der Waals surface area contributed by atoms with Crippen LogP contribution in [0.15, 0.2) is 47.7 Å². The van der Waals surface area contributed by atoms with Crippen LogP contribution in [-0.4, -0.2) is 94.8 Å². The van der Waals surface area contributed by atoms with E-state index in [-0.39, 0.29) is 30.8 Å². The van der Waals surface area contributed by atoms with Crippen LogP contribution in [0.1, 0.15) is 18.9 Å². The van der Waals surface area contributed by atoms with Gasteiger partial charge in [0.25, 0.3) is 0 Å². The number of carbonyl (C=O) groups excluding carboxylic acids is 2. The SMILES string of the molecule is C/C=C1/[C@H](O[C@@H]2O[C@H](CO)[C@@H](O)[C@H](O)[C@H]2O)OC=C(C(=O)OC)[C@H]1CC(=O)Oc1ccccc1CCO. The van der Waals surface area contributed by atoms with Gasteiger partial charge in [-0.25, -0.2) is 4.79 Å². The van der Waals surface area contributed by atoms with Crippen molar-refractivity contribution in [3.05, 3.63) is 53.3 Å². The standard InChI is InChI=1S/C25H32O12/c1-3-14-15(10-19(28)35-17-7-5-4-6-13(17)8-9-26)16(23(32)33-2)12-34-24(14)37-25-22(31)21(30)20(29)18(11-27)36-25/h3-7,12,15,18,20-22,24-27,29-31H,8-11H2,1-2H3/b14-3+/t15-,18+,20+,21-,22+,24-,25-/m0/s1. The molecule has 2 heterocycles. The summed E-state index contributed by atoms with van der Waals surface area (Å²) in [5.74, 6) is -2.06. The first kappa shape index (κ1) is 28.7. The van der Waals surface area contributed by atoms with E-state index in [1.54, 1.807) is 37.3 Å². The largest absolute Gasteiger partial charge is 0.468 e. The Bertz CT molecular complexity index is 1000. The van der Waals surface area contributed by atoms with Gasteiger partial charge in [0.2, 0.25) is 6.29 Å². The van der Waals surface area contributed by atoms with Crippen LogP contribution >= 0.6 is 0 Å². The van der Waals surface area contributed by atoms with Gasteiger partial charge in [-0.05, 0) is 25.0 Å². The molecule has 2 aliphatic heterocycles. The van der Waals surface area contributed by atoms with Gasteiger partial charge in [-0.2, -0.15) is 0 Å². The fourth-order valence-corrected chi connectivity index (χ4v) is 4.19. The summed E-state index contributed by atoms with van der Waals surface area (Å²) >= 11 is 0. The molecule has 0 saturated carbocycles. The van der Waals surface area contributed by atoms with Gasteiger partial charge < -0.3 is 49.2 Å². The highest BCUT2D eigenvalue weighted by Gasteiger charge is 2.46. The minimum atomic E-state index is -1.68. The minimum absolute atomic E-state index is 0.0184. The molecule has 0 aliphatic carbocycles. The second-order valence-electron chi connectivity index (χ2n) is 8.47. The van der Waals surface area contributed by atoms with Crippen LogP contribution in [0.4, 0.5) is 0 Å². The van der Waals surface area contributed by atoms with Gasteiger partial charge in [0.05, 0.1) is 32.0 Å². The molecule has 0 bridgehead atoms. The molecule has 204 valence electrons. The van der Waals surface area contributed by atoms with E-state index in [0.717, 1.165) is 6.26 Å². The lowest BCUT2D eigenvalue weighted by atomic mass is 9.86. The second-order valence-corrected chi connectivity index (χ2v) is 8.47. The number of ether oxygens (including phenoxy) is 5. The summed E-state index contributed by atoms with van der Waals surface area (Å²) in [7, 11) is 1.18. The van der Waals surface area contributed by atoms with E-state index in [9.17, 15) is 35.1 Å². The van der Waals surface area contributed by atoms with E-state index in [0.29, 0.717) is 11.1 Å². The van der Waals surface area contributed by atoms with E-state index in [1.807, 2.05) is 0 Å². The molecule has 0 radical (unpaired) electrons. The summed E-state index contributed by atoms with van der Waals surface area (Å²) in [6.45, 7) is 0.840. The smallest absolute Gasteiger partial charge is 0.337 e. The molecule has 5 N–H and O–H groups in total. The van der Waals surface area contributed by atoms with Crippen LogP contribution in [0.25, 0.3) is 0 Å². The number of benzene rings is 1. The summed E-state index contributed by atoms with van der Waals surface area (Å²) in [6, 6.07) is 6.73. The van der Waals surface area contributed by atoms with E-state index >= 15 is 0 Å². The van der Waals surface area contributed by atoms with Crippen molar-refractivity contribution in [2.75, 3.05) is 20.3 Å². The number of hydrogen-bond donors (Lipinski definition) is 5. The molecule has 1 aromatic rings. The maximum Gasteiger partial charge on any atom is 0.337 e. The Kier molecular flexibility index (Phi) is 10.2. The van der Waals surface area contributed by atoms with Gasteiger partial charge in [-0.15, -0.1) is 0 Å². The Morgan fingerprint density at radius 1 is 1.08 bits per heavy atom. The summed E-state index contributed by atoms with van der Waals surface area (Å²) in [5.41, 5.74) is 0.953. The third-order valence-electron chi connectivity index (χ3n) is 6.18. The van der Waals surface area contributed by atoms with Gasteiger partial charge >= 0.3 is 11.9 Å². The van der Waals surface area contributed by atoms with Crippen molar-refractivity contribution < 1.29 is 58.8 Å². The van der Waals surface area contributed by atoms with Crippen molar-refractivity contribution in [2.45, 2.75) is 56.8 Å². The zero-order valence-corrected chi connectivity index (χ0v) is 20.4. The molecular weight excluding hydrogens is 492 g/mol. The van der Waals surface area contributed by atoms with Crippen LogP contribution in [0.2, 0.25) is 0 Å². The molecule has 0 unspecified atom stereocenters. The van der Waals surface area contributed by atoms with Crippen molar-refractivity contribution in [1.82, 2.24) is 0 Å². The Hall–Kier alpha value is -2.84. The second kappa shape index (κ2) is 13.1. The van der Waals surface area contributed by atoms with Gasteiger partial charge in [-0.1, -0.05) is 24.3 Å². The van der Waals surface area contributed by atoms with Crippen molar-refractivity contribution in [1.29, 1.82) is 0 Å². The number of hydrogen-bond acceptors (Lipinski definition) is 12. The quantitative estimate of drug-likeness (QED) is 0.156. The number of aliphatic hydroxyl groups is 5. The van der Waals surface area contributed by atoms with Crippen molar-refractivity contribution in [2.24, 2.45) is 5.92 Å². The summed E-state index contributed by atoms with van der Waals surface area (Å²) in [6.07, 6.45) is -6.30. The highest BCUT2D eigenvalue weighted by Crippen LogP contribution is 2.36. The van der Waals surface area contributed by atoms with Crippen LogP contribution in [0, 0.1) is 5.92 Å². The first-order valence-electron chi connectivity index (χ1n) is 11.7. The van der Waals surface area contributed by atoms with Crippen molar-refractivity contribution >= 4 is 11.9 Å². The van der Waals surface area contributed by atoms with E-state index in [4.69, 9.17) is 23.7 Å². The Labute approximate surface area is 213 Å².